The normalized spacial score (nSPS) is 18.1. The van der Waals surface area contributed by atoms with Crippen LogP contribution in [0.4, 0.5) is 18.0 Å². The smallest absolute Gasteiger partial charge is 0.406 e. The van der Waals surface area contributed by atoms with Crippen LogP contribution in [0.1, 0.15) is 16.8 Å². The summed E-state index contributed by atoms with van der Waals surface area (Å²) >= 11 is 0. The number of ether oxygens (including phenoxy) is 1. The number of imidazole rings is 1. The summed E-state index contributed by atoms with van der Waals surface area (Å²) in [6.07, 6.45) is -6.51. The van der Waals surface area contributed by atoms with E-state index < -0.39 is 36.9 Å². The van der Waals surface area contributed by atoms with Gasteiger partial charge >= 0.3 is 12.3 Å². The van der Waals surface area contributed by atoms with Gasteiger partial charge < -0.3 is 34.3 Å². The molecule has 5 rings (SSSR count). The van der Waals surface area contributed by atoms with E-state index in [1.807, 2.05) is 0 Å². The lowest BCUT2D eigenvalue weighted by molar-refractivity contribution is -0.139. The second-order valence-corrected chi connectivity index (χ2v) is 9.49. The first-order chi connectivity index (χ1) is 18.5. The molecule has 0 saturated carbocycles. The van der Waals surface area contributed by atoms with Gasteiger partial charge in [-0.15, -0.1) is 0 Å². The largest absolute Gasteiger partial charge is 0.494 e. The summed E-state index contributed by atoms with van der Waals surface area (Å²) in [5.74, 6) is 0.144. The molecule has 2 amide bonds. The molecule has 0 aliphatic carbocycles. The summed E-state index contributed by atoms with van der Waals surface area (Å²) in [7, 11) is 3.08. The number of likely N-dealkylation sites (tertiary alicyclic amines) is 1. The minimum atomic E-state index is -4.46. The van der Waals surface area contributed by atoms with Crippen molar-refractivity contribution in [3.8, 4) is 17.3 Å². The van der Waals surface area contributed by atoms with Gasteiger partial charge in [0, 0.05) is 36.6 Å². The molecule has 0 bridgehead atoms. The lowest BCUT2D eigenvalue weighted by atomic mass is 10.0. The van der Waals surface area contributed by atoms with Crippen molar-refractivity contribution in [2.24, 2.45) is 7.05 Å². The standard InChI is InChI=1S/C26H26F3N5O5/c1-32-22-16(30-23(32)19-10-14-5-3-4-6-18(14)34(19)13-26(27,28)29)9-15(11-21(22)39-2)24(36)33-8-7-20(35)17(12-33)31-25(37)38/h3-6,9-11,17,20,31,35H,7-8,12-13H2,1-2H3,(H,37,38)/t17-,20+/m1/s1. The van der Waals surface area contributed by atoms with Crippen LogP contribution in [-0.4, -0.2) is 79.8 Å². The summed E-state index contributed by atoms with van der Waals surface area (Å²) in [5, 5.41) is 22.0. The average Bonchev–Trinajstić information content (AvgIpc) is 3.40. The number of benzene rings is 2. The van der Waals surface area contributed by atoms with E-state index in [1.165, 1.54) is 28.7 Å². The molecule has 0 radical (unpaired) electrons. The van der Waals surface area contributed by atoms with Crippen LogP contribution in [0.5, 0.6) is 5.75 Å². The fraction of sp³-hybridized carbons (Fsp3) is 0.346. The van der Waals surface area contributed by atoms with E-state index >= 15 is 0 Å². The van der Waals surface area contributed by atoms with Gasteiger partial charge in [0.2, 0.25) is 0 Å². The molecular formula is C26H26F3N5O5. The van der Waals surface area contributed by atoms with Crippen molar-refractivity contribution in [3.63, 3.8) is 0 Å². The van der Waals surface area contributed by atoms with Gasteiger partial charge in [-0.05, 0) is 30.7 Å². The number of carbonyl (C=O) groups is 2. The summed E-state index contributed by atoms with van der Waals surface area (Å²) in [5.41, 5.74) is 1.72. The molecule has 1 aliphatic heterocycles. The first-order valence-corrected chi connectivity index (χ1v) is 12.1. The molecule has 4 aromatic rings. The predicted molar refractivity (Wildman–Crippen MR) is 136 cm³/mol. The topological polar surface area (TPSA) is 122 Å². The second-order valence-electron chi connectivity index (χ2n) is 9.49. The number of amides is 2. The van der Waals surface area contributed by atoms with Gasteiger partial charge in [0.1, 0.15) is 17.8 Å². The number of aryl methyl sites for hydroxylation is 1. The number of para-hydroxylation sites is 1. The van der Waals surface area contributed by atoms with Crippen molar-refractivity contribution < 1.29 is 37.7 Å². The summed E-state index contributed by atoms with van der Waals surface area (Å²) in [6.45, 7) is -1.02. The number of hydrogen-bond donors (Lipinski definition) is 3. The Morgan fingerprint density at radius 1 is 1.21 bits per heavy atom. The molecule has 0 unspecified atom stereocenters. The maximum Gasteiger partial charge on any atom is 0.406 e. The molecule has 3 heterocycles. The molecule has 1 saturated heterocycles. The summed E-state index contributed by atoms with van der Waals surface area (Å²) < 4.78 is 49.0. The van der Waals surface area contributed by atoms with E-state index in [0.29, 0.717) is 27.7 Å². The molecule has 13 heteroatoms. The minimum absolute atomic E-state index is 0.0301. The van der Waals surface area contributed by atoms with Gasteiger partial charge in [0.05, 0.1) is 30.5 Å². The number of alkyl halides is 3. The number of nitrogens with zero attached hydrogens (tertiary/aromatic N) is 4. The van der Waals surface area contributed by atoms with Crippen molar-refractivity contribution in [1.29, 1.82) is 0 Å². The number of fused-ring (bicyclic) bond motifs is 2. The van der Waals surface area contributed by atoms with Crippen LogP contribution in [0.25, 0.3) is 33.5 Å². The Hall–Kier alpha value is -4.26. The average molecular weight is 546 g/mol. The Morgan fingerprint density at radius 2 is 1.95 bits per heavy atom. The summed E-state index contributed by atoms with van der Waals surface area (Å²) in [6, 6.07) is 10.6. The van der Waals surface area contributed by atoms with E-state index in [1.54, 1.807) is 41.9 Å². The van der Waals surface area contributed by atoms with Crippen molar-refractivity contribution >= 4 is 33.9 Å². The van der Waals surface area contributed by atoms with E-state index in [2.05, 4.69) is 10.3 Å². The molecule has 10 nitrogen and oxygen atoms in total. The molecule has 1 fully saturated rings. The maximum absolute atomic E-state index is 13.5. The predicted octanol–water partition coefficient (Wildman–Crippen LogP) is 3.61. The number of aliphatic hydroxyl groups is 1. The molecule has 39 heavy (non-hydrogen) atoms. The maximum atomic E-state index is 13.5. The number of carbonyl (C=O) groups excluding carboxylic acids is 1. The highest BCUT2D eigenvalue weighted by Crippen LogP contribution is 2.36. The van der Waals surface area contributed by atoms with E-state index in [4.69, 9.17) is 9.84 Å². The molecule has 0 spiro atoms. The molecule has 2 aromatic carbocycles. The third kappa shape index (κ3) is 4.97. The highest BCUT2D eigenvalue weighted by atomic mass is 19.4. The SMILES string of the molecule is COc1cc(C(=O)N2CC[C@H](O)[C@H](NC(=O)O)C2)cc2nc(-c3cc4ccccc4n3CC(F)(F)F)n(C)c12. The number of halogens is 3. The fourth-order valence-electron chi connectivity index (χ4n) is 5.17. The Labute approximate surface area is 220 Å². The van der Waals surface area contributed by atoms with Crippen LogP contribution >= 0.6 is 0 Å². The third-order valence-electron chi connectivity index (χ3n) is 6.95. The Morgan fingerprint density at radius 3 is 2.64 bits per heavy atom. The van der Waals surface area contributed by atoms with Crippen LogP contribution in [-0.2, 0) is 13.6 Å². The summed E-state index contributed by atoms with van der Waals surface area (Å²) in [4.78, 5) is 30.5. The zero-order valence-corrected chi connectivity index (χ0v) is 21.1. The Bertz CT molecular complexity index is 1580. The van der Waals surface area contributed by atoms with E-state index in [-0.39, 0.29) is 36.6 Å². The fourth-order valence-corrected chi connectivity index (χ4v) is 5.17. The van der Waals surface area contributed by atoms with Gasteiger partial charge in [0.25, 0.3) is 5.91 Å². The molecule has 206 valence electrons. The molecule has 1 aliphatic rings. The zero-order valence-electron chi connectivity index (χ0n) is 21.1. The molecule has 2 aromatic heterocycles. The molecule has 2 atom stereocenters. The second kappa shape index (κ2) is 9.80. The van der Waals surface area contributed by atoms with Gasteiger partial charge in [0.15, 0.2) is 5.82 Å². The van der Waals surface area contributed by atoms with Gasteiger partial charge in [-0.25, -0.2) is 9.78 Å². The number of aliphatic hydroxyl groups excluding tert-OH is 1. The number of piperidine rings is 1. The van der Waals surface area contributed by atoms with Crippen LogP contribution < -0.4 is 10.1 Å². The molecule has 3 N–H and O–H groups in total. The first-order valence-electron chi connectivity index (χ1n) is 12.1. The number of hydrogen-bond acceptors (Lipinski definition) is 5. The highest BCUT2D eigenvalue weighted by molar-refractivity contribution is 6.00. The number of aromatic nitrogens is 3. The number of carboxylic acid groups (broad SMARTS) is 1. The first kappa shape index (κ1) is 26.4. The van der Waals surface area contributed by atoms with Gasteiger partial charge in [-0.2, -0.15) is 13.2 Å². The van der Waals surface area contributed by atoms with Crippen molar-refractivity contribution in [2.45, 2.75) is 31.3 Å². The minimum Gasteiger partial charge on any atom is -0.494 e. The Kier molecular flexibility index (Phi) is 6.62. The highest BCUT2D eigenvalue weighted by Gasteiger charge is 2.33. The number of rotatable bonds is 5. The quantitative estimate of drug-likeness (QED) is 0.352. The number of methoxy groups -OCH3 is 1. The van der Waals surface area contributed by atoms with Gasteiger partial charge in [-0.3, -0.25) is 4.79 Å². The van der Waals surface area contributed by atoms with Crippen molar-refractivity contribution in [1.82, 2.24) is 24.3 Å². The van der Waals surface area contributed by atoms with Crippen molar-refractivity contribution in [2.75, 3.05) is 20.2 Å². The molecular weight excluding hydrogens is 519 g/mol. The lowest BCUT2D eigenvalue weighted by Crippen LogP contribution is -2.56. The van der Waals surface area contributed by atoms with Gasteiger partial charge in [-0.1, -0.05) is 18.2 Å². The number of nitrogens with one attached hydrogen (secondary N) is 1. The Balaban J connectivity index is 1.58. The van der Waals surface area contributed by atoms with Crippen molar-refractivity contribution in [3.05, 3.63) is 48.0 Å². The monoisotopic (exact) mass is 545 g/mol. The third-order valence-corrected chi connectivity index (χ3v) is 6.95. The van der Waals surface area contributed by atoms with Crippen LogP contribution in [0.3, 0.4) is 0 Å². The van der Waals surface area contributed by atoms with Crippen LogP contribution in [0, 0.1) is 0 Å². The lowest BCUT2D eigenvalue weighted by Gasteiger charge is -2.36. The van der Waals surface area contributed by atoms with Crippen LogP contribution in [0.15, 0.2) is 42.5 Å². The van der Waals surface area contributed by atoms with Crippen LogP contribution in [0.2, 0.25) is 0 Å². The zero-order chi connectivity index (χ0) is 28.1. The van der Waals surface area contributed by atoms with E-state index in [0.717, 1.165) is 0 Å². The van der Waals surface area contributed by atoms with E-state index in [9.17, 15) is 27.9 Å².